The van der Waals surface area contributed by atoms with Gasteiger partial charge in [0.1, 0.15) is 0 Å². The number of carbonyl (C=O) groups is 1. The van der Waals surface area contributed by atoms with Crippen LogP contribution in [0.5, 0.6) is 0 Å². The molecule has 2 rings (SSSR count). The lowest BCUT2D eigenvalue weighted by atomic mass is 10.1. The van der Waals surface area contributed by atoms with E-state index in [0.717, 1.165) is 25.3 Å². The first-order chi connectivity index (χ1) is 6.86. The fraction of sp³-hybridized carbons (Fsp3) is 0.364. The van der Waals surface area contributed by atoms with E-state index < -0.39 is 0 Å². The van der Waals surface area contributed by atoms with Crippen LogP contribution < -0.4 is 0 Å². The van der Waals surface area contributed by atoms with Crippen LogP contribution in [0.15, 0.2) is 30.3 Å². The number of benzene rings is 1. The van der Waals surface area contributed by atoms with Crippen LogP contribution in [0.25, 0.3) is 0 Å². The van der Waals surface area contributed by atoms with E-state index in [2.05, 4.69) is 12.1 Å². The van der Waals surface area contributed by atoms with Crippen LogP contribution in [0.4, 0.5) is 4.79 Å². The lowest BCUT2D eigenvalue weighted by molar-refractivity contribution is 0.230. The molecule has 0 saturated carbocycles. The quantitative estimate of drug-likeness (QED) is 0.758. The van der Waals surface area contributed by atoms with E-state index in [1.165, 1.54) is 17.3 Å². The normalized spacial score (nSPS) is 16.3. The second-order valence-corrected chi connectivity index (χ2v) is 4.38. The monoisotopic (exact) mass is 207 g/mol. The molecule has 1 fully saturated rings. The second kappa shape index (κ2) is 4.51. The standard InChI is InChI=1S/C11H13NOS/c13-11-12(8-9-14-11)7-6-10-4-2-1-3-5-10/h1-5H,6-9H2. The third-order valence-electron chi connectivity index (χ3n) is 2.36. The van der Waals surface area contributed by atoms with Gasteiger partial charge in [-0.3, -0.25) is 4.79 Å². The van der Waals surface area contributed by atoms with Gasteiger partial charge in [0, 0.05) is 18.8 Å². The molecule has 1 aromatic carbocycles. The molecular weight excluding hydrogens is 194 g/mol. The molecule has 0 N–H and O–H groups in total. The third kappa shape index (κ3) is 2.29. The van der Waals surface area contributed by atoms with Crippen LogP contribution >= 0.6 is 11.8 Å². The van der Waals surface area contributed by atoms with Gasteiger partial charge in [-0.2, -0.15) is 0 Å². The van der Waals surface area contributed by atoms with Crippen molar-refractivity contribution in [2.75, 3.05) is 18.8 Å². The number of nitrogens with zero attached hydrogens (tertiary/aromatic N) is 1. The molecule has 1 saturated heterocycles. The van der Waals surface area contributed by atoms with Crippen LogP contribution in [0.3, 0.4) is 0 Å². The molecule has 1 aliphatic rings. The molecule has 74 valence electrons. The van der Waals surface area contributed by atoms with Crippen molar-refractivity contribution in [3.05, 3.63) is 35.9 Å². The van der Waals surface area contributed by atoms with Gasteiger partial charge >= 0.3 is 0 Å². The predicted octanol–water partition coefficient (Wildman–Crippen LogP) is 2.40. The van der Waals surface area contributed by atoms with E-state index in [9.17, 15) is 4.79 Å². The maximum atomic E-state index is 11.3. The van der Waals surface area contributed by atoms with Crippen molar-refractivity contribution in [1.29, 1.82) is 0 Å². The molecule has 0 aromatic heterocycles. The number of rotatable bonds is 3. The lowest BCUT2D eigenvalue weighted by Gasteiger charge is -2.13. The van der Waals surface area contributed by atoms with Crippen LogP contribution in [0.1, 0.15) is 5.56 Å². The van der Waals surface area contributed by atoms with E-state index in [0.29, 0.717) is 0 Å². The Morgan fingerprint density at radius 2 is 2.07 bits per heavy atom. The predicted molar refractivity (Wildman–Crippen MR) is 59.6 cm³/mol. The van der Waals surface area contributed by atoms with Gasteiger partial charge in [-0.1, -0.05) is 42.1 Å². The molecule has 14 heavy (non-hydrogen) atoms. The Bertz CT molecular complexity index is 312. The minimum absolute atomic E-state index is 0.237. The first kappa shape index (κ1) is 9.59. The zero-order chi connectivity index (χ0) is 9.80. The number of thioether (sulfide) groups is 1. The van der Waals surface area contributed by atoms with Gasteiger partial charge in [-0.05, 0) is 12.0 Å². The van der Waals surface area contributed by atoms with Crippen molar-refractivity contribution in [3.63, 3.8) is 0 Å². The highest BCUT2D eigenvalue weighted by Gasteiger charge is 2.19. The third-order valence-corrected chi connectivity index (χ3v) is 3.25. The van der Waals surface area contributed by atoms with Crippen molar-refractivity contribution in [1.82, 2.24) is 4.90 Å². The van der Waals surface area contributed by atoms with Crippen molar-refractivity contribution >= 4 is 17.0 Å². The summed E-state index contributed by atoms with van der Waals surface area (Å²) in [7, 11) is 0. The Kier molecular flexibility index (Phi) is 3.09. The van der Waals surface area contributed by atoms with Gasteiger partial charge in [0.15, 0.2) is 0 Å². The van der Waals surface area contributed by atoms with Crippen LogP contribution in [-0.4, -0.2) is 29.0 Å². The second-order valence-electron chi connectivity index (χ2n) is 3.34. The van der Waals surface area contributed by atoms with Crippen molar-refractivity contribution in [2.24, 2.45) is 0 Å². The zero-order valence-electron chi connectivity index (χ0n) is 7.98. The topological polar surface area (TPSA) is 20.3 Å². The van der Waals surface area contributed by atoms with Crippen molar-refractivity contribution < 1.29 is 4.79 Å². The molecule has 0 atom stereocenters. The Morgan fingerprint density at radius 3 is 2.71 bits per heavy atom. The minimum atomic E-state index is 0.237. The molecule has 0 unspecified atom stereocenters. The highest BCUT2D eigenvalue weighted by Crippen LogP contribution is 2.17. The Hall–Kier alpha value is -0.960. The number of hydrogen-bond acceptors (Lipinski definition) is 2. The fourth-order valence-electron chi connectivity index (χ4n) is 1.54. The Balaban J connectivity index is 1.85. The zero-order valence-corrected chi connectivity index (χ0v) is 8.80. The molecule has 1 amide bonds. The summed E-state index contributed by atoms with van der Waals surface area (Å²) in [5, 5.41) is 0.237. The smallest absolute Gasteiger partial charge is 0.281 e. The van der Waals surface area contributed by atoms with Crippen molar-refractivity contribution in [3.8, 4) is 0 Å². The summed E-state index contributed by atoms with van der Waals surface area (Å²) in [4.78, 5) is 13.2. The molecule has 0 spiro atoms. The summed E-state index contributed by atoms with van der Waals surface area (Å²) in [6, 6.07) is 10.3. The molecule has 1 aromatic rings. The largest absolute Gasteiger partial charge is 0.332 e. The van der Waals surface area contributed by atoms with Gasteiger partial charge in [0.25, 0.3) is 5.24 Å². The fourth-order valence-corrected chi connectivity index (χ4v) is 2.39. The Morgan fingerprint density at radius 1 is 1.29 bits per heavy atom. The first-order valence-corrected chi connectivity index (χ1v) is 5.80. The minimum Gasteiger partial charge on any atom is -0.332 e. The van der Waals surface area contributed by atoms with Crippen LogP contribution in [-0.2, 0) is 6.42 Å². The molecule has 0 bridgehead atoms. The van der Waals surface area contributed by atoms with E-state index in [1.54, 1.807) is 0 Å². The molecular formula is C11H13NOS. The van der Waals surface area contributed by atoms with E-state index in [-0.39, 0.29) is 5.24 Å². The molecule has 1 heterocycles. The maximum absolute atomic E-state index is 11.3. The highest BCUT2D eigenvalue weighted by molar-refractivity contribution is 8.13. The summed E-state index contributed by atoms with van der Waals surface area (Å²) in [5.41, 5.74) is 1.30. The average Bonchev–Trinajstić information content (AvgIpc) is 2.63. The number of amides is 1. The highest BCUT2D eigenvalue weighted by atomic mass is 32.2. The van der Waals surface area contributed by atoms with E-state index in [1.807, 2.05) is 23.1 Å². The number of carbonyl (C=O) groups excluding carboxylic acids is 1. The van der Waals surface area contributed by atoms with Crippen LogP contribution in [0.2, 0.25) is 0 Å². The molecule has 1 aliphatic heterocycles. The SMILES string of the molecule is O=C1SCCN1CCc1ccccc1. The van der Waals surface area contributed by atoms with Gasteiger partial charge in [0.05, 0.1) is 0 Å². The summed E-state index contributed by atoms with van der Waals surface area (Å²) in [6.45, 7) is 1.77. The van der Waals surface area contributed by atoms with E-state index in [4.69, 9.17) is 0 Å². The van der Waals surface area contributed by atoms with Gasteiger partial charge in [-0.25, -0.2) is 0 Å². The summed E-state index contributed by atoms with van der Waals surface area (Å²) in [6.07, 6.45) is 0.965. The van der Waals surface area contributed by atoms with Crippen molar-refractivity contribution in [2.45, 2.75) is 6.42 Å². The van der Waals surface area contributed by atoms with Gasteiger partial charge in [-0.15, -0.1) is 0 Å². The van der Waals surface area contributed by atoms with Gasteiger partial charge in [0.2, 0.25) is 0 Å². The Labute approximate surface area is 88.3 Å². The summed E-state index contributed by atoms with van der Waals surface area (Å²) in [5.74, 6) is 0.952. The van der Waals surface area contributed by atoms with E-state index >= 15 is 0 Å². The first-order valence-electron chi connectivity index (χ1n) is 4.82. The molecule has 3 heteroatoms. The van der Waals surface area contributed by atoms with Crippen LogP contribution in [0, 0.1) is 0 Å². The maximum Gasteiger partial charge on any atom is 0.281 e. The molecule has 0 radical (unpaired) electrons. The summed E-state index contributed by atoms with van der Waals surface area (Å²) < 4.78 is 0. The lowest BCUT2D eigenvalue weighted by Crippen LogP contribution is -2.25. The molecule has 0 aliphatic carbocycles. The average molecular weight is 207 g/mol. The number of hydrogen-bond donors (Lipinski definition) is 0. The van der Waals surface area contributed by atoms with Gasteiger partial charge < -0.3 is 4.90 Å². The molecule has 2 nitrogen and oxygen atoms in total. The summed E-state index contributed by atoms with van der Waals surface area (Å²) >= 11 is 1.43.